The number of guanidine groups is 1. The molecule has 0 aliphatic carbocycles. The lowest BCUT2D eigenvalue weighted by atomic mass is 9.98. The molecule has 3 heterocycles. The Labute approximate surface area is 187 Å². The first-order valence-electron chi connectivity index (χ1n) is 9.39. The van der Waals surface area contributed by atoms with E-state index in [0.717, 1.165) is 43.6 Å². The van der Waals surface area contributed by atoms with E-state index in [-0.39, 0.29) is 24.0 Å². The second kappa shape index (κ2) is 12.0. The number of aromatic nitrogens is 1. The van der Waals surface area contributed by atoms with Gasteiger partial charge in [-0.15, -0.1) is 46.7 Å². The van der Waals surface area contributed by atoms with Gasteiger partial charge in [0, 0.05) is 42.6 Å². The summed E-state index contributed by atoms with van der Waals surface area (Å²) in [5.74, 6) is 1.54. The van der Waals surface area contributed by atoms with Gasteiger partial charge in [0.2, 0.25) is 0 Å². The second-order valence-electron chi connectivity index (χ2n) is 6.70. The highest BCUT2D eigenvalue weighted by atomic mass is 127. The van der Waals surface area contributed by atoms with Gasteiger partial charge in [0.1, 0.15) is 5.01 Å². The highest BCUT2D eigenvalue weighted by Crippen LogP contribution is 2.20. The van der Waals surface area contributed by atoms with E-state index < -0.39 is 0 Å². The maximum absolute atomic E-state index is 4.46. The first-order valence-corrected chi connectivity index (χ1v) is 11.1. The molecule has 1 fully saturated rings. The van der Waals surface area contributed by atoms with E-state index in [2.05, 4.69) is 49.9 Å². The lowest BCUT2D eigenvalue weighted by molar-refractivity contribution is 0.169. The summed E-state index contributed by atoms with van der Waals surface area (Å²) in [5.41, 5.74) is 0. The van der Waals surface area contributed by atoms with E-state index in [0.29, 0.717) is 5.92 Å². The summed E-state index contributed by atoms with van der Waals surface area (Å²) in [6, 6.07) is 4.38. The third kappa shape index (κ3) is 7.32. The first kappa shape index (κ1) is 22.6. The van der Waals surface area contributed by atoms with Crippen molar-refractivity contribution in [3.63, 3.8) is 0 Å². The van der Waals surface area contributed by atoms with Crippen LogP contribution >= 0.6 is 46.7 Å². The minimum atomic E-state index is 0. The molecule has 0 saturated carbocycles. The number of thiazole rings is 1. The maximum atomic E-state index is 4.46. The average Bonchev–Trinajstić information content (AvgIpc) is 3.34. The van der Waals surface area contributed by atoms with Gasteiger partial charge in [-0.1, -0.05) is 13.0 Å². The molecule has 27 heavy (non-hydrogen) atoms. The van der Waals surface area contributed by atoms with Gasteiger partial charge in [-0.3, -0.25) is 9.89 Å². The van der Waals surface area contributed by atoms with Crippen molar-refractivity contribution in [3.8, 4) is 0 Å². The van der Waals surface area contributed by atoms with Crippen LogP contribution in [-0.4, -0.2) is 42.5 Å². The normalized spacial score (nSPS) is 18.1. The standard InChI is InChI=1S/C19H29N5S2.HI/c1-3-16-11-21-18(26-16)12-23-19(20-2)22-10-15-6-4-8-24(13-15)14-17-7-5-9-25-17;/h5,7,9,11,15H,3-4,6,8,10,12-14H2,1-2H3,(H2,20,22,23);1H. The number of thiophene rings is 1. The smallest absolute Gasteiger partial charge is 0.191 e. The van der Waals surface area contributed by atoms with Crippen LogP contribution < -0.4 is 10.6 Å². The Bertz CT molecular complexity index is 686. The molecule has 5 nitrogen and oxygen atoms in total. The first-order chi connectivity index (χ1) is 12.8. The molecule has 150 valence electrons. The van der Waals surface area contributed by atoms with Crippen molar-refractivity contribution in [2.45, 2.75) is 39.3 Å². The van der Waals surface area contributed by atoms with Crippen molar-refractivity contribution in [2.75, 3.05) is 26.7 Å². The van der Waals surface area contributed by atoms with E-state index in [9.17, 15) is 0 Å². The maximum Gasteiger partial charge on any atom is 0.191 e. The molecule has 0 spiro atoms. The fourth-order valence-electron chi connectivity index (χ4n) is 3.30. The summed E-state index contributed by atoms with van der Waals surface area (Å²) in [6.45, 7) is 7.33. The molecular weight excluding hydrogens is 489 g/mol. The number of piperidine rings is 1. The molecule has 3 rings (SSSR count). The molecule has 1 saturated heterocycles. The topological polar surface area (TPSA) is 52.6 Å². The van der Waals surface area contributed by atoms with Crippen molar-refractivity contribution in [3.05, 3.63) is 38.5 Å². The molecule has 2 aromatic rings. The predicted octanol–water partition coefficient (Wildman–Crippen LogP) is 3.96. The van der Waals surface area contributed by atoms with Crippen molar-refractivity contribution < 1.29 is 0 Å². The van der Waals surface area contributed by atoms with Crippen LogP contribution in [0.3, 0.4) is 0 Å². The zero-order valence-electron chi connectivity index (χ0n) is 16.1. The van der Waals surface area contributed by atoms with Gasteiger partial charge in [-0.05, 0) is 43.2 Å². The Hall–Kier alpha value is -0.710. The van der Waals surface area contributed by atoms with Gasteiger partial charge in [-0.25, -0.2) is 4.98 Å². The number of nitrogens with one attached hydrogen (secondary N) is 2. The van der Waals surface area contributed by atoms with E-state index in [4.69, 9.17) is 0 Å². The number of hydrogen-bond acceptors (Lipinski definition) is 5. The highest BCUT2D eigenvalue weighted by Gasteiger charge is 2.20. The molecule has 8 heteroatoms. The summed E-state index contributed by atoms with van der Waals surface area (Å²) in [7, 11) is 1.83. The van der Waals surface area contributed by atoms with Crippen LogP contribution in [0.4, 0.5) is 0 Å². The van der Waals surface area contributed by atoms with Gasteiger partial charge < -0.3 is 10.6 Å². The number of nitrogens with zero attached hydrogens (tertiary/aromatic N) is 3. The van der Waals surface area contributed by atoms with Gasteiger partial charge >= 0.3 is 0 Å². The summed E-state index contributed by atoms with van der Waals surface area (Å²) in [5, 5.41) is 10.2. The minimum absolute atomic E-state index is 0. The fraction of sp³-hybridized carbons (Fsp3) is 0.579. The fourth-order valence-corrected chi connectivity index (χ4v) is 4.85. The zero-order chi connectivity index (χ0) is 18.2. The van der Waals surface area contributed by atoms with E-state index >= 15 is 0 Å². The molecule has 1 aliphatic heterocycles. The quantitative estimate of drug-likeness (QED) is 0.331. The molecule has 0 bridgehead atoms. The third-order valence-electron chi connectivity index (χ3n) is 4.70. The molecule has 0 amide bonds. The Balaban J connectivity index is 0.00000261. The van der Waals surface area contributed by atoms with Gasteiger partial charge in [0.15, 0.2) is 5.96 Å². The molecular formula is C19H30IN5S2. The number of likely N-dealkylation sites (tertiary alicyclic amines) is 1. The third-order valence-corrected chi connectivity index (χ3v) is 6.70. The van der Waals surface area contributed by atoms with Gasteiger partial charge in [0.05, 0.1) is 6.54 Å². The minimum Gasteiger partial charge on any atom is -0.356 e. The van der Waals surface area contributed by atoms with E-state index in [1.54, 1.807) is 11.3 Å². The van der Waals surface area contributed by atoms with Crippen LogP contribution in [0.15, 0.2) is 28.7 Å². The van der Waals surface area contributed by atoms with Crippen LogP contribution in [0.5, 0.6) is 0 Å². The van der Waals surface area contributed by atoms with Crippen molar-refractivity contribution >= 4 is 52.6 Å². The summed E-state index contributed by atoms with van der Waals surface area (Å²) < 4.78 is 0. The predicted molar refractivity (Wildman–Crippen MR) is 127 cm³/mol. The van der Waals surface area contributed by atoms with Crippen LogP contribution in [0.1, 0.15) is 34.5 Å². The number of aliphatic imine (C=N–C) groups is 1. The second-order valence-corrected chi connectivity index (χ2v) is 8.94. The van der Waals surface area contributed by atoms with Crippen molar-refractivity contribution in [1.82, 2.24) is 20.5 Å². The molecule has 1 unspecified atom stereocenters. The monoisotopic (exact) mass is 519 g/mol. The molecule has 2 N–H and O–H groups in total. The summed E-state index contributed by atoms with van der Waals surface area (Å²) in [6.07, 6.45) is 5.59. The van der Waals surface area contributed by atoms with E-state index in [1.165, 1.54) is 29.1 Å². The van der Waals surface area contributed by atoms with Gasteiger partial charge in [-0.2, -0.15) is 0 Å². The number of aryl methyl sites for hydroxylation is 1. The van der Waals surface area contributed by atoms with Crippen LogP contribution in [0, 0.1) is 5.92 Å². The highest BCUT2D eigenvalue weighted by molar-refractivity contribution is 14.0. The molecule has 1 aliphatic rings. The van der Waals surface area contributed by atoms with Crippen LogP contribution in [0.2, 0.25) is 0 Å². The largest absolute Gasteiger partial charge is 0.356 e. The molecule has 1 atom stereocenters. The Morgan fingerprint density at radius 1 is 1.37 bits per heavy atom. The Kier molecular flexibility index (Phi) is 10.0. The number of hydrogen-bond donors (Lipinski definition) is 2. The zero-order valence-corrected chi connectivity index (χ0v) is 20.1. The lowest BCUT2D eigenvalue weighted by Gasteiger charge is -2.32. The van der Waals surface area contributed by atoms with E-state index in [1.807, 2.05) is 24.6 Å². The van der Waals surface area contributed by atoms with Crippen LogP contribution in [0.25, 0.3) is 0 Å². The molecule has 0 radical (unpaired) electrons. The number of rotatable bonds is 7. The van der Waals surface area contributed by atoms with Crippen molar-refractivity contribution in [2.24, 2.45) is 10.9 Å². The van der Waals surface area contributed by atoms with Gasteiger partial charge in [0.25, 0.3) is 0 Å². The van der Waals surface area contributed by atoms with Crippen molar-refractivity contribution in [1.29, 1.82) is 0 Å². The summed E-state index contributed by atoms with van der Waals surface area (Å²) >= 11 is 3.63. The number of halogens is 1. The van der Waals surface area contributed by atoms with Crippen LogP contribution in [-0.2, 0) is 19.5 Å². The lowest BCUT2D eigenvalue weighted by Crippen LogP contribution is -2.44. The molecule has 2 aromatic heterocycles. The SMILES string of the molecule is CCc1cnc(CNC(=NC)NCC2CCCN(Cc3cccs3)C2)s1.I. The molecule has 0 aromatic carbocycles. The Morgan fingerprint density at radius 2 is 2.26 bits per heavy atom. The average molecular weight is 520 g/mol. The summed E-state index contributed by atoms with van der Waals surface area (Å²) in [4.78, 5) is 14.2. The Morgan fingerprint density at radius 3 is 2.96 bits per heavy atom.